The molecule has 2 rings (SSSR count). The highest BCUT2D eigenvalue weighted by Crippen LogP contribution is 2.20. The van der Waals surface area contributed by atoms with Crippen LogP contribution in [0.4, 0.5) is 5.69 Å². The Morgan fingerprint density at radius 1 is 1.59 bits per heavy atom. The van der Waals surface area contributed by atoms with Crippen LogP contribution < -0.4 is 5.32 Å². The maximum atomic E-state index is 11.8. The fourth-order valence-electron chi connectivity index (χ4n) is 1.75. The number of amides is 1. The molecule has 5 heteroatoms. The van der Waals surface area contributed by atoms with Crippen molar-refractivity contribution in [3.05, 3.63) is 24.0 Å². The predicted octanol–water partition coefficient (Wildman–Crippen LogP) is 1.46. The second kappa shape index (κ2) is 4.93. The van der Waals surface area contributed by atoms with Crippen molar-refractivity contribution in [2.24, 2.45) is 0 Å². The lowest BCUT2D eigenvalue weighted by Gasteiger charge is -2.11. The van der Waals surface area contributed by atoms with E-state index in [1.165, 1.54) is 6.20 Å². The minimum atomic E-state index is -0.374. The third-order valence-electron chi connectivity index (χ3n) is 2.67. The number of ether oxygens (including phenoxy) is 1. The molecule has 2 heterocycles. The zero-order valence-corrected chi connectivity index (χ0v) is 9.51. The minimum absolute atomic E-state index is 0.143. The molecule has 0 spiro atoms. The number of carbonyl (C=O) groups excluding carboxylic acids is 1. The van der Waals surface area contributed by atoms with Gasteiger partial charge in [-0.05, 0) is 31.9 Å². The second-order valence-corrected chi connectivity index (χ2v) is 4.05. The van der Waals surface area contributed by atoms with Crippen LogP contribution in [0.15, 0.2) is 18.3 Å². The number of nitriles is 1. The molecular weight excluding hydrogens is 218 g/mol. The quantitative estimate of drug-likeness (QED) is 0.836. The summed E-state index contributed by atoms with van der Waals surface area (Å²) in [5.41, 5.74) is 0.908. The summed E-state index contributed by atoms with van der Waals surface area (Å²) >= 11 is 0. The smallest absolute Gasteiger partial charge is 0.253 e. The van der Waals surface area contributed by atoms with Gasteiger partial charge in [0.15, 0.2) is 0 Å². The van der Waals surface area contributed by atoms with Crippen LogP contribution in [0.5, 0.6) is 0 Å². The number of aromatic nitrogens is 1. The molecule has 0 radical (unpaired) electrons. The first-order valence-corrected chi connectivity index (χ1v) is 5.51. The summed E-state index contributed by atoms with van der Waals surface area (Å²) in [5, 5.41) is 11.3. The molecule has 0 saturated carbocycles. The Bertz CT molecular complexity index is 450. The van der Waals surface area contributed by atoms with Crippen molar-refractivity contribution in [2.75, 3.05) is 5.32 Å². The van der Waals surface area contributed by atoms with E-state index in [0.717, 1.165) is 12.8 Å². The Kier molecular flexibility index (Phi) is 3.35. The minimum Gasteiger partial charge on any atom is -0.365 e. The first-order chi connectivity index (χ1) is 8.19. The average molecular weight is 231 g/mol. The van der Waals surface area contributed by atoms with Crippen LogP contribution in [0.25, 0.3) is 0 Å². The molecule has 1 N–H and O–H groups in total. The van der Waals surface area contributed by atoms with Crippen LogP contribution in [0.3, 0.4) is 0 Å². The summed E-state index contributed by atoms with van der Waals surface area (Å²) in [7, 11) is 0. The molecule has 1 amide bonds. The van der Waals surface area contributed by atoms with E-state index >= 15 is 0 Å². The maximum absolute atomic E-state index is 11.8. The average Bonchev–Trinajstić information content (AvgIpc) is 2.77. The highest BCUT2D eigenvalue weighted by molar-refractivity contribution is 5.94. The highest BCUT2D eigenvalue weighted by atomic mass is 16.5. The number of rotatable bonds is 2. The molecule has 1 aliphatic rings. The molecule has 5 nitrogen and oxygen atoms in total. The van der Waals surface area contributed by atoms with Crippen molar-refractivity contribution in [1.29, 1.82) is 5.26 Å². The molecule has 1 fully saturated rings. The lowest BCUT2D eigenvalue weighted by atomic mass is 10.2. The van der Waals surface area contributed by atoms with Crippen LogP contribution in [0.2, 0.25) is 0 Å². The standard InChI is InChI=1S/C12H13N3O2/c1-8-2-5-11(17-8)12(16)15-10-4-3-9(6-13)14-7-10/h3-4,7-8,11H,2,5H2,1H3,(H,15,16). The van der Waals surface area contributed by atoms with Crippen molar-refractivity contribution in [2.45, 2.75) is 32.0 Å². The van der Waals surface area contributed by atoms with Crippen LogP contribution in [0, 0.1) is 11.3 Å². The van der Waals surface area contributed by atoms with Crippen molar-refractivity contribution in [1.82, 2.24) is 4.98 Å². The number of anilines is 1. The van der Waals surface area contributed by atoms with E-state index in [2.05, 4.69) is 10.3 Å². The number of hydrogen-bond donors (Lipinski definition) is 1. The molecule has 0 bridgehead atoms. The summed E-state index contributed by atoms with van der Waals surface area (Å²) in [4.78, 5) is 15.7. The van der Waals surface area contributed by atoms with E-state index in [1.807, 2.05) is 13.0 Å². The highest BCUT2D eigenvalue weighted by Gasteiger charge is 2.28. The van der Waals surface area contributed by atoms with Gasteiger partial charge in [-0.1, -0.05) is 0 Å². The number of pyridine rings is 1. The lowest BCUT2D eigenvalue weighted by Crippen LogP contribution is -2.27. The second-order valence-electron chi connectivity index (χ2n) is 4.05. The summed E-state index contributed by atoms with van der Waals surface area (Å²) in [6, 6.07) is 5.14. The molecule has 0 aromatic carbocycles. The van der Waals surface area contributed by atoms with Crippen LogP contribution in [0.1, 0.15) is 25.5 Å². The molecule has 1 aliphatic heterocycles. The van der Waals surface area contributed by atoms with Crippen LogP contribution >= 0.6 is 0 Å². The predicted molar refractivity (Wildman–Crippen MR) is 61.2 cm³/mol. The van der Waals surface area contributed by atoms with Gasteiger partial charge in [0.2, 0.25) is 0 Å². The van der Waals surface area contributed by atoms with Gasteiger partial charge in [0.05, 0.1) is 18.0 Å². The molecule has 1 aromatic rings. The van der Waals surface area contributed by atoms with Gasteiger partial charge in [-0.25, -0.2) is 4.98 Å². The third kappa shape index (κ3) is 2.80. The van der Waals surface area contributed by atoms with Gasteiger partial charge in [-0.2, -0.15) is 5.26 Å². The molecule has 0 aliphatic carbocycles. The van der Waals surface area contributed by atoms with Crippen molar-refractivity contribution < 1.29 is 9.53 Å². The summed E-state index contributed by atoms with van der Waals surface area (Å²) in [6.45, 7) is 1.95. The Balaban J connectivity index is 1.96. The summed E-state index contributed by atoms with van der Waals surface area (Å²) in [6.07, 6.45) is 2.89. The molecule has 2 atom stereocenters. The van der Waals surface area contributed by atoms with E-state index in [1.54, 1.807) is 12.1 Å². The SMILES string of the molecule is CC1CCC(C(=O)Nc2ccc(C#N)nc2)O1. The Hall–Kier alpha value is -1.93. The van der Waals surface area contributed by atoms with Gasteiger partial charge in [0.25, 0.3) is 5.91 Å². The Morgan fingerprint density at radius 2 is 2.41 bits per heavy atom. The molecule has 1 saturated heterocycles. The monoisotopic (exact) mass is 231 g/mol. The van der Waals surface area contributed by atoms with E-state index < -0.39 is 0 Å². The van der Waals surface area contributed by atoms with Gasteiger partial charge in [-0.15, -0.1) is 0 Å². The number of nitrogens with zero attached hydrogens (tertiary/aromatic N) is 2. The lowest BCUT2D eigenvalue weighted by molar-refractivity contribution is -0.126. The van der Waals surface area contributed by atoms with E-state index in [-0.39, 0.29) is 18.1 Å². The first kappa shape index (κ1) is 11.6. The van der Waals surface area contributed by atoms with Gasteiger partial charge in [-0.3, -0.25) is 4.79 Å². The summed E-state index contributed by atoms with van der Waals surface area (Å²) in [5.74, 6) is -0.152. The Morgan fingerprint density at radius 3 is 2.94 bits per heavy atom. The molecule has 2 unspecified atom stereocenters. The third-order valence-corrected chi connectivity index (χ3v) is 2.67. The summed E-state index contributed by atoms with van der Waals surface area (Å²) < 4.78 is 5.46. The maximum Gasteiger partial charge on any atom is 0.253 e. The topological polar surface area (TPSA) is 75.0 Å². The number of nitrogens with one attached hydrogen (secondary N) is 1. The number of carbonyl (C=O) groups is 1. The van der Waals surface area contributed by atoms with Crippen molar-refractivity contribution in [3.63, 3.8) is 0 Å². The first-order valence-electron chi connectivity index (χ1n) is 5.51. The molecule has 88 valence electrons. The molecular formula is C12H13N3O2. The van der Waals surface area contributed by atoms with Gasteiger partial charge in [0, 0.05) is 0 Å². The molecule has 17 heavy (non-hydrogen) atoms. The zero-order chi connectivity index (χ0) is 12.3. The van der Waals surface area contributed by atoms with Gasteiger partial charge < -0.3 is 10.1 Å². The van der Waals surface area contributed by atoms with Crippen molar-refractivity contribution >= 4 is 11.6 Å². The van der Waals surface area contributed by atoms with Crippen LogP contribution in [-0.4, -0.2) is 23.1 Å². The van der Waals surface area contributed by atoms with E-state index in [0.29, 0.717) is 11.4 Å². The van der Waals surface area contributed by atoms with E-state index in [9.17, 15) is 4.79 Å². The van der Waals surface area contributed by atoms with Gasteiger partial charge >= 0.3 is 0 Å². The Labute approximate surface area is 99.4 Å². The van der Waals surface area contributed by atoms with Gasteiger partial charge in [0.1, 0.15) is 17.9 Å². The largest absolute Gasteiger partial charge is 0.365 e. The van der Waals surface area contributed by atoms with Crippen LogP contribution in [-0.2, 0) is 9.53 Å². The fourth-order valence-corrected chi connectivity index (χ4v) is 1.75. The van der Waals surface area contributed by atoms with Crippen molar-refractivity contribution in [3.8, 4) is 6.07 Å². The normalized spacial score (nSPS) is 23.1. The zero-order valence-electron chi connectivity index (χ0n) is 9.51. The number of hydrogen-bond acceptors (Lipinski definition) is 4. The molecule has 1 aromatic heterocycles. The fraction of sp³-hybridized carbons (Fsp3) is 0.417. The van der Waals surface area contributed by atoms with E-state index in [4.69, 9.17) is 10.00 Å².